The van der Waals surface area contributed by atoms with Crippen molar-refractivity contribution in [2.45, 2.75) is 25.8 Å². The van der Waals surface area contributed by atoms with E-state index in [0.29, 0.717) is 11.3 Å². The number of allylic oxidation sites excluding steroid dienone is 5. The van der Waals surface area contributed by atoms with Crippen LogP contribution in [0, 0.1) is 11.3 Å². The van der Waals surface area contributed by atoms with E-state index in [1.54, 1.807) is 18.2 Å². The van der Waals surface area contributed by atoms with Crippen molar-refractivity contribution in [3.8, 4) is 6.07 Å². The quantitative estimate of drug-likeness (QED) is 0.761. The molecule has 6 heteroatoms. The molecular weight excluding hydrogens is 250 g/mol. The van der Waals surface area contributed by atoms with E-state index >= 15 is 0 Å². The fourth-order valence-corrected chi connectivity index (χ4v) is 3.20. The van der Waals surface area contributed by atoms with Crippen LogP contribution in [0.2, 0.25) is 0 Å². The fraction of sp³-hybridized carbons (Fsp3) is 0.333. The molecule has 94 valence electrons. The van der Waals surface area contributed by atoms with E-state index in [1.807, 2.05) is 13.0 Å². The number of hydrogen-bond acceptors (Lipinski definition) is 4. The molecule has 1 unspecified atom stereocenters. The molecule has 1 aliphatic heterocycles. The highest BCUT2D eigenvalue weighted by Gasteiger charge is 2.32. The molecule has 0 aromatic heterocycles. The first kappa shape index (κ1) is 12.6. The second-order valence-electron chi connectivity index (χ2n) is 4.15. The number of nitriles is 1. The maximum Gasteiger partial charge on any atom is 0.276 e. The van der Waals surface area contributed by atoms with Gasteiger partial charge in [0.1, 0.15) is 0 Å². The van der Waals surface area contributed by atoms with Crippen LogP contribution < -0.4 is 0 Å². The zero-order chi connectivity index (χ0) is 13.2. The highest BCUT2D eigenvalue weighted by atomic mass is 32.2. The predicted octanol–water partition coefficient (Wildman–Crippen LogP) is 1.69. The van der Waals surface area contributed by atoms with Crippen molar-refractivity contribution in [2.75, 3.05) is 0 Å². The second-order valence-corrected chi connectivity index (χ2v) is 6.00. The molecular formula is C12H13N3O2S. The Morgan fingerprint density at radius 1 is 1.44 bits per heavy atom. The molecule has 0 saturated heterocycles. The van der Waals surface area contributed by atoms with Gasteiger partial charge >= 0.3 is 0 Å². The lowest BCUT2D eigenvalue weighted by atomic mass is 10.1. The molecule has 0 spiro atoms. The van der Waals surface area contributed by atoms with E-state index in [4.69, 9.17) is 5.26 Å². The summed E-state index contributed by atoms with van der Waals surface area (Å²) in [5.74, 6) is 0. The van der Waals surface area contributed by atoms with E-state index in [9.17, 15) is 8.42 Å². The lowest BCUT2D eigenvalue weighted by Gasteiger charge is -2.25. The molecule has 0 radical (unpaired) electrons. The van der Waals surface area contributed by atoms with Crippen molar-refractivity contribution in [3.63, 3.8) is 0 Å². The fourth-order valence-electron chi connectivity index (χ4n) is 1.77. The first-order valence-electron chi connectivity index (χ1n) is 5.57. The van der Waals surface area contributed by atoms with Gasteiger partial charge in [0, 0.05) is 6.21 Å². The minimum absolute atomic E-state index is 0.306. The molecule has 1 heterocycles. The second kappa shape index (κ2) is 4.78. The van der Waals surface area contributed by atoms with Crippen molar-refractivity contribution in [1.29, 1.82) is 5.26 Å². The summed E-state index contributed by atoms with van der Waals surface area (Å²) in [6, 6.07) is 1.04. The number of nitrogens with zero attached hydrogens (tertiary/aromatic N) is 3. The zero-order valence-corrected chi connectivity index (χ0v) is 10.8. The van der Waals surface area contributed by atoms with Crippen LogP contribution >= 0.6 is 0 Å². The largest absolute Gasteiger partial charge is 0.276 e. The van der Waals surface area contributed by atoms with Gasteiger partial charge in [-0.05, 0) is 38.0 Å². The summed E-state index contributed by atoms with van der Waals surface area (Å²) >= 11 is 0. The Hall–Kier alpha value is -1.87. The van der Waals surface area contributed by atoms with Crippen molar-refractivity contribution < 1.29 is 8.42 Å². The normalized spacial score (nSPS) is 23.3. The highest BCUT2D eigenvalue weighted by molar-refractivity contribution is 7.93. The molecule has 0 aromatic carbocycles. The summed E-state index contributed by atoms with van der Waals surface area (Å²) in [4.78, 5) is 0.306. The topological polar surface area (TPSA) is 73.5 Å². The zero-order valence-electron chi connectivity index (χ0n) is 9.94. The molecule has 0 saturated carbocycles. The van der Waals surface area contributed by atoms with Crippen molar-refractivity contribution in [2.24, 2.45) is 5.10 Å². The summed E-state index contributed by atoms with van der Waals surface area (Å²) in [7, 11) is -3.69. The van der Waals surface area contributed by atoms with Gasteiger partial charge in [-0.2, -0.15) is 23.2 Å². The summed E-state index contributed by atoms with van der Waals surface area (Å²) in [5, 5.41) is 12.7. The summed E-state index contributed by atoms with van der Waals surface area (Å²) in [6.07, 6.45) is 9.01. The van der Waals surface area contributed by atoms with Gasteiger partial charge in [0.15, 0.2) is 6.04 Å². The Labute approximate surface area is 106 Å². The van der Waals surface area contributed by atoms with Crippen LogP contribution in [-0.2, 0) is 10.0 Å². The van der Waals surface area contributed by atoms with Crippen LogP contribution in [0.3, 0.4) is 0 Å². The molecule has 18 heavy (non-hydrogen) atoms. The van der Waals surface area contributed by atoms with E-state index in [-0.39, 0.29) is 0 Å². The Bertz CT molecular complexity index is 606. The van der Waals surface area contributed by atoms with E-state index < -0.39 is 16.1 Å². The van der Waals surface area contributed by atoms with E-state index in [0.717, 1.165) is 16.4 Å². The highest BCUT2D eigenvalue weighted by Crippen LogP contribution is 2.27. The third-order valence-corrected chi connectivity index (χ3v) is 4.64. The van der Waals surface area contributed by atoms with Gasteiger partial charge in [0.25, 0.3) is 10.0 Å². The Morgan fingerprint density at radius 2 is 2.22 bits per heavy atom. The van der Waals surface area contributed by atoms with Gasteiger partial charge in [-0.3, -0.25) is 0 Å². The van der Waals surface area contributed by atoms with Crippen molar-refractivity contribution >= 4 is 16.2 Å². The van der Waals surface area contributed by atoms with Crippen LogP contribution in [0.4, 0.5) is 0 Å². The molecule has 0 fully saturated rings. The SMILES string of the molecule is CC1=CC=C(S(=O)(=O)N2N=CC=CC2C#N)CC1. The van der Waals surface area contributed by atoms with E-state index in [1.165, 1.54) is 12.3 Å². The van der Waals surface area contributed by atoms with Crippen molar-refractivity contribution in [1.82, 2.24) is 4.41 Å². The molecule has 2 aliphatic rings. The number of hydrazone groups is 1. The van der Waals surface area contributed by atoms with Crippen LogP contribution in [0.25, 0.3) is 0 Å². The number of hydrogen-bond donors (Lipinski definition) is 0. The Kier molecular flexibility index (Phi) is 3.34. The molecule has 0 aromatic rings. The Morgan fingerprint density at radius 3 is 2.83 bits per heavy atom. The molecule has 1 atom stereocenters. The summed E-state index contributed by atoms with van der Waals surface area (Å²) < 4.78 is 25.6. The predicted molar refractivity (Wildman–Crippen MR) is 68.9 cm³/mol. The lowest BCUT2D eigenvalue weighted by molar-refractivity contribution is 0.424. The standard InChI is InChI=1S/C12H13N3O2S/c1-10-4-6-12(7-5-10)18(16,17)15-11(9-13)3-2-8-14-15/h2-4,6,8,11H,5,7H2,1H3. The smallest absolute Gasteiger partial charge is 0.200 e. The van der Waals surface area contributed by atoms with Crippen LogP contribution in [0.15, 0.2) is 39.9 Å². The maximum atomic E-state index is 12.3. The minimum Gasteiger partial charge on any atom is -0.200 e. The van der Waals surface area contributed by atoms with Gasteiger partial charge in [-0.25, -0.2) is 0 Å². The van der Waals surface area contributed by atoms with Gasteiger partial charge in [0.05, 0.1) is 11.0 Å². The van der Waals surface area contributed by atoms with Gasteiger partial charge in [0.2, 0.25) is 0 Å². The van der Waals surface area contributed by atoms with Crippen LogP contribution in [-0.4, -0.2) is 25.1 Å². The number of rotatable bonds is 2. The first-order valence-corrected chi connectivity index (χ1v) is 7.01. The molecule has 0 N–H and O–H groups in total. The van der Waals surface area contributed by atoms with Crippen LogP contribution in [0.1, 0.15) is 19.8 Å². The third-order valence-electron chi connectivity index (χ3n) is 2.83. The molecule has 2 rings (SSSR count). The summed E-state index contributed by atoms with van der Waals surface area (Å²) in [6.45, 7) is 1.96. The Balaban J connectivity index is 2.35. The maximum absolute atomic E-state index is 12.3. The van der Waals surface area contributed by atoms with Gasteiger partial charge < -0.3 is 0 Å². The molecule has 0 amide bonds. The molecule has 5 nitrogen and oxygen atoms in total. The molecule has 1 aliphatic carbocycles. The summed E-state index contributed by atoms with van der Waals surface area (Å²) in [5.41, 5.74) is 1.15. The van der Waals surface area contributed by atoms with Crippen molar-refractivity contribution in [3.05, 3.63) is 34.8 Å². The lowest BCUT2D eigenvalue weighted by Crippen LogP contribution is -2.36. The number of sulfonamides is 1. The van der Waals surface area contributed by atoms with Gasteiger partial charge in [-0.1, -0.05) is 11.6 Å². The monoisotopic (exact) mass is 263 g/mol. The van der Waals surface area contributed by atoms with Crippen LogP contribution in [0.5, 0.6) is 0 Å². The third kappa shape index (κ3) is 2.22. The first-order chi connectivity index (χ1) is 8.55. The molecule has 0 bridgehead atoms. The minimum atomic E-state index is -3.69. The van der Waals surface area contributed by atoms with E-state index in [2.05, 4.69) is 5.10 Å². The average molecular weight is 263 g/mol. The van der Waals surface area contributed by atoms with Gasteiger partial charge in [-0.15, -0.1) is 0 Å². The average Bonchev–Trinajstić information content (AvgIpc) is 2.39.